The second-order valence-electron chi connectivity index (χ2n) is 10.7. The summed E-state index contributed by atoms with van der Waals surface area (Å²) in [4.78, 5) is 43.3. The van der Waals surface area contributed by atoms with Crippen LogP contribution in [0.3, 0.4) is 0 Å². The fraction of sp³-hybridized carbons (Fsp3) is 0.483. The maximum absolute atomic E-state index is 14.2. The highest BCUT2D eigenvalue weighted by molar-refractivity contribution is 6.34. The van der Waals surface area contributed by atoms with Crippen molar-refractivity contribution < 1.29 is 24.2 Å². The van der Waals surface area contributed by atoms with Crippen LogP contribution in [0.5, 0.6) is 0 Å². The molecule has 8 nitrogen and oxygen atoms in total. The molecule has 2 aromatic carbocycles. The number of anilines is 2. The minimum absolute atomic E-state index is 0.0784. The Morgan fingerprint density at radius 2 is 1.89 bits per heavy atom. The van der Waals surface area contributed by atoms with E-state index in [1.807, 2.05) is 45.0 Å². The van der Waals surface area contributed by atoms with Crippen molar-refractivity contribution in [1.82, 2.24) is 4.90 Å². The molecule has 2 unspecified atom stereocenters. The number of amides is 3. The van der Waals surface area contributed by atoms with Crippen LogP contribution in [0.2, 0.25) is 5.02 Å². The number of halogens is 1. The lowest BCUT2D eigenvalue weighted by Crippen LogP contribution is -2.57. The number of hydrogen-bond acceptors (Lipinski definition) is 5. The van der Waals surface area contributed by atoms with Gasteiger partial charge in [0.15, 0.2) is 0 Å². The van der Waals surface area contributed by atoms with Gasteiger partial charge in [0.1, 0.15) is 11.6 Å². The second kappa shape index (κ2) is 10.3. The van der Waals surface area contributed by atoms with Crippen LogP contribution in [0.25, 0.3) is 0 Å². The molecular weight excluding hydrogens is 506 g/mol. The van der Waals surface area contributed by atoms with Crippen molar-refractivity contribution in [3.8, 4) is 0 Å². The molecule has 0 radical (unpaired) electrons. The molecule has 0 aliphatic carbocycles. The van der Waals surface area contributed by atoms with Crippen molar-refractivity contribution in [1.29, 1.82) is 0 Å². The smallest absolute Gasteiger partial charge is 0.250 e. The largest absolute Gasteiger partial charge is 0.394 e. The van der Waals surface area contributed by atoms with Gasteiger partial charge in [-0.05, 0) is 49.4 Å². The zero-order valence-corrected chi connectivity index (χ0v) is 22.6. The standard InChI is InChI=1S/C29H34ClN3O5/c1-4-16(2)20(15-34)33-25(27(36)32-24-17(3)9-8-12-19(24)30)29-14-13-21(38-29)22(23(29)28(33)37)26(35)31-18-10-6-5-7-11-18/h5-12,16,20-23,25,34H,4,13-15H2,1-3H3,(H,31,35)(H,32,36)/t16-,20-,21-,22+,23-,25?,29?/m0/s1. The van der Waals surface area contributed by atoms with E-state index in [4.69, 9.17) is 16.3 Å². The maximum Gasteiger partial charge on any atom is 0.250 e. The number of ether oxygens (including phenoxy) is 1. The van der Waals surface area contributed by atoms with Gasteiger partial charge in [-0.3, -0.25) is 14.4 Å². The highest BCUT2D eigenvalue weighted by Gasteiger charge is 2.75. The number of nitrogens with one attached hydrogen (secondary N) is 2. The van der Waals surface area contributed by atoms with Crippen LogP contribution in [-0.4, -0.2) is 58.1 Å². The second-order valence-corrected chi connectivity index (χ2v) is 11.1. The molecule has 3 N–H and O–H groups in total. The number of aliphatic hydroxyl groups excluding tert-OH is 1. The summed E-state index contributed by atoms with van der Waals surface area (Å²) >= 11 is 6.42. The Kier molecular flexibility index (Phi) is 7.24. The van der Waals surface area contributed by atoms with E-state index in [-0.39, 0.29) is 24.3 Å². The van der Waals surface area contributed by atoms with Gasteiger partial charge in [-0.2, -0.15) is 0 Å². The molecule has 9 heteroatoms. The number of aliphatic hydroxyl groups is 1. The van der Waals surface area contributed by atoms with Crippen molar-refractivity contribution >= 4 is 40.7 Å². The molecule has 38 heavy (non-hydrogen) atoms. The van der Waals surface area contributed by atoms with Crippen LogP contribution in [0.1, 0.15) is 38.7 Å². The van der Waals surface area contributed by atoms with Crippen LogP contribution in [0.15, 0.2) is 48.5 Å². The first kappa shape index (κ1) is 26.7. The minimum Gasteiger partial charge on any atom is -0.394 e. The third kappa shape index (κ3) is 4.19. The van der Waals surface area contributed by atoms with Crippen molar-refractivity contribution in [2.75, 3.05) is 17.2 Å². The molecule has 0 aromatic heterocycles. The highest BCUT2D eigenvalue weighted by Crippen LogP contribution is 2.59. The van der Waals surface area contributed by atoms with E-state index in [1.165, 1.54) is 4.90 Å². The summed E-state index contributed by atoms with van der Waals surface area (Å²) in [7, 11) is 0. The topological polar surface area (TPSA) is 108 Å². The van der Waals surface area contributed by atoms with Crippen LogP contribution in [-0.2, 0) is 19.1 Å². The lowest BCUT2D eigenvalue weighted by atomic mass is 9.70. The number of aryl methyl sites for hydroxylation is 1. The summed E-state index contributed by atoms with van der Waals surface area (Å²) in [5.41, 5.74) is 0.725. The first-order valence-corrected chi connectivity index (χ1v) is 13.6. The number of rotatable bonds is 8. The summed E-state index contributed by atoms with van der Waals surface area (Å²) in [5.74, 6) is -2.70. The SMILES string of the molecule is CC[C@H](C)[C@H](CO)N1C(=O)[C@@H]2[C@H](C(=O)Nc3ccccc3)[C@@H]3CCC2(O3)C1C(=O)Nc1c(C)cccc1Cl. The first-order valence-electron chi connectivity index (χ1n) is 13.3. The molecule has 7 atom stereocenters. The van der Waals surface area contributed by atoms with Gasteiger partial charge >= 0.3 is 0 Å². The van der Waals surface area contributed by atoms with E-state index < -0.39 is 41.5 Å². The lowest BCUT2D eigenvalue weighted by molar-refractivity contribution is -0.144. The van der Waals surface area contributed by atoms with Crippen molar-refractivity contribution in [2.45, 2.75) is 63.8 Å². The monoisotopic (exact) mass is 539 g/mol. The van der Waals surface area contributed by atoms with E-state index >= 15 is 0 Å². The van der Waals surface area contributed by atoms with Crippen molar-refractivity contribution in [3.05, 3.63) is 59.1 Å². The van der Waals surface area contributed by atoms with Gasteiger partial charge in [-0.1, -0.05) is 62.2 Å². The number of benzene rings is 2. The van der Waals surface area contributed by atoms with E-state index in [0.717, 1.165) is 5.56 Å². The van der Waals surface area contributed by atoms with Gasteiger partial charge in [0, 0.05) is 5.69 Å². The molecule has 3 fully saturated rings. The summed E-state index contributed by atoms with van der Waals surface area (Å²) in [6.45, 7) is 5.47. The Morgan fingerprint density at radius 3 is 2.55 bits per heavy atom. The number of likely N-dealkylation sites (tertiary alicyclic amines) is 1. The molecule has 3 heterocycles. The summed E-state index contributed by atoms with van der Waals surface area (Å²) < 4.78 is 6.50. The van der Waals surface area contributed by atoms with Crippen LogP contribution < -0.4 is 10.6 Å². The first-order chi connectivity index (χ1) is 18.2. The molecule has 3 aliphatic heterocycles. The van der Waals surface area contributed by atoms with Gasteiger partial charge in [0.25, 0.3) is 0 Å². The molecule has 3 amide bonds. The van der Waals surface area contributed by atoms with Crippen molar-refractivity contribution in [2.24, 2.45) is 17.8 Å². The van der Waals surface area contributed by atoms with Gasteiger partial charge < -0.3 is 25.4 Å². The third-order valence-electron chi connectivity index (χ3n) is 8.65. The molecule has 5 rings (SSSR count). The number of para-hydroxylation sites is 2. The molecular formula is C29H34ClN3O5. The van der Waals surface area contributed by atoms with E-state index in [0.29, 0.717) is 35.7 Å². The fourth-order valence-corrected chi connectivity index (χ4v) is 6.86. The number of fused-ring (bicyclic) bond motifs is 1. The molecule has 202 valence electrons. The Labute approximate surface area is 227 Å². The normalized spacial score (nSPS) is 29.2. The van der Waals surface area contributed by atoms with Gasteiger partial charge in [-0.25, -0.2) is 0 Å². The zero-order valence-electron chi connectivity index (χ0n) is 21.8. The Balaban J connectivity index is 1.54. The Morgan fingerprint density at radius 1 is 1.16 bits per heavy atom. The third-order valence-corrected chi connectivity index (χ3v) is 8.96. The maximum atomic E-state index is 14.2. The highest BCUT2D eigenvalue weighted by atomic mass is 35.5. The number of carbonyl (C=O) groups is 3. The van der Waals surface area contributed by atoms with E-state index in [9.17, 15) is 19.5 Å². The number of carbonyl (C=O) groups excluding carboxylic acids is 3. The van der Waals surface area contributed by atoms with Gasteiger partial charge in [0.2, 0.25) is 17.7 Å². The molecule has 3 aliphatic rings. The lowest BCUT2D eigenvalue weighted by Gasteiger charge is -2.38. The predicted molar refractivity (Wildman–Crippen MR) is 145 cm³/mol. The van der Waals surface area contributed by atoms with E-state index in [2.05, 4.69) is 10.6 Å². The van der Waals surface area contributed by atoms with Gasteiger partial charge in [-0.15, -0.1) is 0 Å². The Hall–Kier alpha value is -2.94. The number of nitrogens with zero attached hydrogens (tertiary/aromatic N) is 1. The summed E-state index contributed by atoms with van der Waals surface area (Å²) in [6.07, 6.45) is 1.26. The zero-order chi connectivity index (χ0) is 27.2. The number of hydrogen-bond donors (Lipinski definition) is 3. The van der Waals surface area contributed by atoms with Crippen LogP contribution in [0.4, 0.5) is 11.4 Å². The molecule has 1 spiro atoms. The molecule has 0 saturated carbocycles. The average molecular weight is 540 g/mol. The average Bonchev–Trinajstić information content (AvgIpc) is 3.55. The molecule has 3 saturated heterocycles. The van der Waals surface area contributed by atoms with Crippen molar-refractivity contribution in [3.63, 3.8) is 0 Å². The van der Waals surface area contributed by atoms with Crippen LogP contribution >= 0.6 is 11.6 Å². The minimum atomic E-state index is -1.17. The summed E-state index contributed by atoms with van der Waals surface area (Å²) in [5, 5.41) is 16.7. The van der Waals surface area contributed by atoms with E-state index in [1.54, 1.807) is 24.3 Å². The van der Waals surface area contributed by atoms with Crippen LogP contribution in [0, 0.1) is 24.7 Å². The van der Waals surface area contributed by atoms with Gasteiger partial charge in [0.05, 0.1) is 41.3 Å². The Bertz CT molecular complexity index is 1220. The molecule has 2 aromatic rings. The predicted octanol–water partition coefficient (Wildman–Crippen LogP) is 4.01. The summed E-state index contributed by atoms with van der Waals surface area (Å²) in [6, 6.07) is 12.8. The molecule has 2 bridgehead atoms. The quantitative estimate of drug-likeness (QED) is 0.470. The fourth-order valence-electron chi connectivity index (χ4n) is 6.59.